The summed E-state index contributed by atoms with van der Waals surface area (Å²) >= 11 is 0. The minimum atomic E-state index is -0.537. The van der Waals surface area contributed by atoms with Gasteiger partial charge in [-0.2, -0.15) is 0 Å². The molecule has 386 valence electrons. The third kappa shape index (κ3) is 10.8. The molecule has 4 aliphatic heterocycles. The second-order valence-corrected chi connectivity index (χ2v) is 22.0. The zero-order valence-electron chi connectivity index (χ0n) is 42.7. The van der Waals surface area contributed by atoms with Crippen LogP contribution in [0.3, 0.4) is 0 Å². The molecule has 6 fully saturated rings. The summed E-state index contributed by atoms with van der Waals surface area (Å²) in [5, 5.41) is 6.40. The largest absolute Gasteiger partial charge is 0.363 e. The van der Waals surface area contributed by atoms with E-state index in [1.165, 1.54) is 25.0 Å². The molecule has 4 saturated heterocycles. The number of halogens is 1. The van der Waals surface area contributed by atoms with Crippen LogP contribution in [0.25, 0.3) is 0 Å². The summed E-state index contributed by atoms with van der Waals surface area (Å²) in [4.78, 5) is 69.2. The molecular weight excluding hydrogens is 926 g/mol. The fourth-order valence-electron chi connectivity index (χ4n) is 13.8. The van der Waals surface area contributed by atoms with E-state index in [-0.39, 0.29) is 41.5 Å². The minimum Gasteiger partial charge on any atom is -0.363 e. The second-order valence-electron chi connectivity index (χ2n) is 22.0. The highest BCUT2D eigenvalue weighted by atomic mass is 19.1. The summed E-state index contributed by atoms with van der Waals surface area (Å²) in [5.41, 5.74) is 6.21. The van der Waals surface area contributed by atoms with Gasteiger partial charge in [-0.25, -0.2) is 4.39 Å². The van der Waals surface area contributed by atoms with E-state index in [0.717, 1.165) is 118 Å². The average molecular weight is 998 g/mol. The van der Waals surface area contributed by atoms with Gasteiger partial charge < -0.3 is 25.3 Å². The molecule has 11 nitrogen and oxygen atoms in total. The molecule has 0 bridgehead atoms. The van der Waals surface area contributed by atoms with Gasteiger partial charge in [0.05, 0.1) is 0 Å². The van der Waals surface area contributed by atoms with Gasteiger partial charge in [-0.3, -0.25) is 29.0 Å². The standard InChI is InChI=1S/C62H72FN7O4/c63-49-27-33-52(34-28-49)68(41-43-23-29-50(30-24-43)64-59(71)55-39-47-19-13-21-53(47)69(55)61(73)57(45-15-5-1-6-16-45)66-35-9-3-10-36-66)42-44-25-31-51(32-26-44)65-60(72)56-40-48-20-14-22-54(48)70(56)62(74)58(46-17-7-2-8-18-46)67-37-11-4-12-38-67/h1-2,5-8,15-18,23-34,47-48,53-58H,3-4,9-14,19-22,35-42H2,(H,64,71)(H,65,72)/t47?,48?,53?,54?,55?,56?,57-,58-/m1/s1. The van der Waals surface area contributed by atoms with E-state index in [9.17, 15) is 23.6 Å². The van der Waals surface area contributed by atoms with Gasteiger partial charge in [-0.05, 0) is 173 Å². The third-order valence-electron chi connectivity index (χ3n) is 17.4. The van der Waals surface area contributed by atoms with Crippen LogP contribution in [0.5, 0.6) is 0 Å². The smallest absolute Gasteiger partial charge is 0.247 e. The maximum Gasteiger partial charge on any atom is 0.247 e. The van der Waals surface area contributed by atoms with E-state index in [1.54, 1.807) is 12.1 Å². The molecule has 5 aromatic carbocycles. The maximum atomic E-state index is 14.9. The number of carbonyl (C=O) groups is 4. The van der Waals surface area contributed by atoms with E-state index in [1.807, 2.05) is 94.7 Å². The number of nitrogens with zero attached hydrogens (tertiary/aromatic N) is 5. The lowest BCUT2D eigenvalue weighted by atomic mass is 9.99. The Morgan fingerprint density at radius 1 is 0.486 bits per heavy atom. The van der Waals surface area contributed by atoms with Crippen LogP contribution in [0.1, 0.15) is 124 Å². The third-order valence-corrected chi connectivity index (χ3v) is 17.4. The van der Waals surface area contributed by atoms with E-state index in [4.69, 9.17) is 0 Å². The van der Waals surface area contributed by atoms with Gasteiger partial charge >= 0.3 is 0 Å². The highest BCUT2D eigenvalue weighted by Gasteiger charge is 2.52. The average Bonchev–Trinajstić information content (AvgIpc) is 4.24. The molecule has 12 heteroatoms. The summed E-state index contributed by atoms with van der Waals surface area (Å²) in [6.07, 6.45) is 14.1. The van der Waals surface area contributed by atoms with Crippen LogP contribution in [0.4, 0.5) is 21.5 Å². The molecule has 2 aliphatic carbocycles. The van der Waals surface area contributed by atoms with Gasteiger partial charge in [0.15, 0.2) is 0 Å². The lowest BCUT2D eigenvalue weighted by Crippen LogP contribution is -2.52. The first-order valence-electron chi connectivity index (χ1n) is 27.8. The fraction of sp³-hybridized carbons (Fsp3) is 0.452. The van der Waals surface area contributed by atoms with E-state index in [2.05, 4.69) is 49.6 Å². The predicted molar refractivity (Wildman–Crippen MR) is 288 cm³/mol. The van der Waals surface area contributed by atoms with Crippen molar-refractivity contribution in [1.82, 2.24) is 19.6 Å². The Morgan fingerprint density at radius 2 is 0.892 bits per heavy atom. The molecule has 2 saturated carbocycles. The van der Waals surface area contributed by atoms with E-state index in [0.29, 0.717) is 49.1 Å². The first kappa shape index (κ1) is 49.8. The van der Waals surface area contributed by atoms with Crippen molar-refractivity contribution in [3.8, 4) is 0 Å². The molecule has 0 spiro atoms. The number of hydrogen-bond donors (Lipinski definition) is 2. The van der Waals surface area contributed by atoms with Crippen LogP contribution in [-0.2, 0) is 32.3 Å². The molecule has 0 radical (unpaired) electrons. The summed E-state index contributed by atoms with van der Waals surface area (Å²) < 4.78 is 14.3. The first-order valence-corrected chi connectivity index (χ1v) is 27.8. The van der Waals surface area contributed by atoms with Gasteiger partial charge in [0.1, 0.15) is 30.0 Å². The topological polar surface area (TPSA) is 109 Å². The quantitative estimate of drug-likeness (QED) is 0.108. The van der Waals surface area contributed by atoms with Gasteiger partial charge in [-0.1, -0.05) is 111 Å². The van der Waals surface area contributed by atoms with Crippen molar-refractivity contribution in [3.05, 3.63) is 162 Å². The van der Waals surface area contributed by atoms with Crippen molar-refractivity contribution < 1.29 is 23.6 Å². The fourth-order valence-corrected chi connectivity index (χ4v) is 13.8. The number of amides is 4. The molecule has 6 aliphatic rings. The number of fused-ring (bicyclic) bond motifs is 2. The van der Waals surface area contributed by atoms with Gasteiger partial charge in [-0.15, -0.1) is 0 Å². The first-order chi connectivity index (χ1) is 36.3. The van der Waals surface area contributed by atoms with Gasteiger partial charge in [0, 0.05) is 42.2 Å². The molecule has 74 heavy (non-hydrogen) atoms. The summed E-state index contributed by atoms with van der Waals surface area (Å²) in [6, 6.07) is 40.8. The number of benzene rings is 5. The summed E-state index contributed by atoms with van der Waals surface area (Å²) in [6.45, 7) is 4.53. The number of anilines is 3. The Labute approximate surface area is 436 Å². The van der Waals surface area contributed by atoms with Crippen LogP contribution >= 0.6 is 0 Å². The lowest BCUT2D eigenvalue weighted by Gasteiger charge is -2.39. The monoisotopic (exact) mass is 998 g/mol. The van der Waals surface area contributed by atoms with E-state index >= 15 is 0 Å². The highest BCUT2D eigenvalue weighted by Crippen LogP contribution is 2.45. The SMILES string of the molecule is O=C(Nc1ccc(CN(Cc2ccc(NC(=O)C3CC4CCCC4N3C(=O)[C@@H](c3ccccc3)N3CCCCC3)cc2)c2ccc(F)cc2)cc1)C1CC2CCCC2N1C(=O)[C@@H](c1ccccc1)N1CCCCC1. The van der Waals surface area contributed by atoms with Crippen LogP contribution in [0, 0.1) is 17.7 Å². The molecule has 2 N–H and O–H groups in total. The number of hydrogen-bond acceptors (Lipinski definition) is 7. The molecular formula is C62H72FN7O4. The number of piperidine rings is 2. The van der Waals surface area contributed by atoms with Gasteiger partial charge in [0.25, 0.3) is 0 Å². The van der Waals surface area contributed by atoms with Crippen molar-refractivity contribution in [1.29, 1.82) is 0 Å². The molecule has 4 heterocycles. The molecule has 5 aromatic rings. The molecule has 6 unspecified atom stereocenters. The minimum absolute atomic E-state index is 0.0506. The highest BCUT2D eigenvalue weighted by molar-refractivity contribution is 5.99. The maximum absolute atomic E-state index is 14.9. The van der Waals surface area contributed by atoms with Crippen molar-refractivity contribution >= 4 is 40.7 Å². The Hall–Kier alpha value is -6.37. The summed E-state index contributed by atoms with van der Waals surface area (Å²) in [5.74, 6) is 0.161. The number of likely N-dealkylation sites (tertiary alicyclic amines) is 4. The van der Waals surface area contributed by atoms with Crippen LogP contribution < -0.4 is 15.5 Å². The lowest BCUT2D eigenvalue weighted by molar-refractivity contribution is -0.144. The zero-order valence-corrected chi connectivity index (χ0v) is 42.7. The molecule has 0 aromatic heterocycles. The van der Waals surface area contributed by atoms with Crippen molar-refractivity contribution in [3.63, 3.8) is 0 Å². The Kier molecular flexibility index (Phi) is 15.2. The van der Waals surface area contributed by atoms with Gasteiger partial charge in [0.2, 0.25) is 23.6 Å². The Morgan fingerprint density at radius 3 is 1.30 bits per heavy atom. The molecule has 11 rings (SSSR count). The van der Waals surface area contributed by atoms with Crippen LogP contribution in [0.15, 0.2) is 133 Å². The summed E-state index contributed by atoms with van der Waals surface area (Å²) in [7, 11) is 0. The number of nitrogens with one attached hydrogen (secondary N) is 2. The van der Waals surface area contributed by atoms with E-state index < -0.39 is 24.2 Å². The Bertz CT molecular complexity index is 2550. The molecule has 8 atom stereocenters. The van der Waals surface area contributed by atoms with Crippen molar-refractivity contribution in [2.45, 2.75) is 139 Å². The number of carbonyl (C=O) groups excluding carboxylic acids is 4. The normalized spacial score (nSPS) is 24.7. The van der Waals surface area contributed by atoms with Crippen molar-refractivity contribution in [2.24, 2.45) is 11.8 Å². The zero-order chi connectivity index (χ0) is 50.5. The van der Waals surface area contributed by atoms with Crippen molar-refractivity contribution in [2.75, 3.05) is 41.7 Å². The molecule has 4 amide bonds. The van der Waals surface area contributed by atoms with Crippen LogP contribution in [-0.4, -0.2) is 93.6 Å². The number of rotatable bonds is 15. The van der Waals surface area contributed by atoms with Crippen LogP contribution in [0.2, 0.25) is 0 Å². The Balaban J connectivity index is 0.758. The second kappa shape index (κ2) is 22.6. The predicted octanol–water partition coefficient (Wildman–Crippen LogP) is 10.9.